The second-order valence-corrected chi connectivity index (χ2v) is 6.60. The first-order chi connectivity index (χ1) is 10.2. The van der Waals surface area contributed by atoms with Gasteiger partial charge < -0.3 is 10.3 Å². The Morgan fingerprint density at radius 3 is 2.52 bits per heavy atom. The van der Waals surface area contributed by atoms with Crippen LogP contribution >= 0.6 is 11.3 Å². The minimum atomic E-state index is 0.0136. The highest BCUT2D eigenvalue weighted by molar-refractivity contribution is 7.12. The van der Waals surface area contributed by atoms with Gasteiger partial charge in [0.05, 0.1) is 6.04 Å². The van der Waals surface area contributed by atoms with Crippen LogP contribution in [0.15, 0.2) is 54.9 Å². The van der Waals surface area contributed by atoms with Gasteiger partial charge in [-0.2, -0.15) is 0 Å². The van der Waals surface area contributed by atoms with Crippen molar-refractivity contribution in [3.05, 3.63) is 64.6 Å². The van der Waals surface area contributed by atoms with Crippen LogP contribution in [0.25, 0.3) is 11.4 Å². The molecule has 2 unspecified atom stereocenters. The van der Waals surface area contributed by atoms with Crippen LogP contribution in [0.4, 0.5) is 0 Å². The minimum absolute atomic E-state index is 0.0136. The van der Waals surface area contributed by atoms with E-state index < -0.39 is 0 Å². The van der Waals surface area contributed by atoms with Crippen molar-refractivity contribution in [2.75, 3.05) is 0 Å². The molecule has 0 radical (unpaired) electrons. The Labute approximate surface area is 129 Å². The first kappa shape index (κ1) is 14.0. The monoisotopic (exact) mass is 297 g/mol. The molecule has 0 saturated heterocycles. The van der Waals surface area contributed by atoms with E-state index in [0.29, 0.717) is 0 Å². The van der Waals surface area contributed by atoms with E-state index >= 15 is 0 Å². The summed E-state index contributed by atoms with van der Waals surface area (Å²) in [4.78, 5) is 7.11. The van der Waals surface area contributed by atoms with Gasteiger partial charge >= 0.3 is 0 Å². The van der Waals surface area contributed by atoms with Crippen molar-refractivity contribution in [1.82, 2.24) is 9.55 Å². The summed E-state index contributed by atoms with van der Waals surface area (Å²) in [7, 11) is 0. The van der Waals surface area contributed by atoms with Crippen LogP contribution < -0.4 is 5.73 Å². The largest absolute Gasteiger partial charge is 0.326 e. The first-order valence-corrected chi connectivity index (χ1v) is 7.88. The molecule has 2 N–H and O–H groups in total. The SMILES string of the molecule is Cc1ccc(C(C(C)N)n2ccnc2-c2ccccc2)s1. The number of hydrogen-bond donors (Lipinski definition) is 1. The summed E-state index contributed by atoms with van der Waals surface area (Å²) in [5.41, 5.74) is 7.39. The van der Waals surface area contributed by atoms with Crippen molar-refractivity contribution in [3.8, 4) is 11.4 Å². The fourth-order valence-corrected chi connectivity index (χ4v) is 3.70. The van der Waals surface area contributed by atoms with E-state index in [1.807, 2.05) is 30.6 Å². The van der Waals surface area contributed by atoms with Gasteiger partial charge in [-0.25, -0.2) is 4.98 Å². The molecular weight excluding hydrogens is 278 g/mol. The maximum Gasteiger partial charge on any atom is 0.140 e. The second-order valence-electron chi connectivity index (χ2n) is 5.28. The van der Waals surface area contributed by atoms with E-state index in [4.69, 9.17) is 5.73 Å². The molecule has 108 valence electrons. The average molecular weight is 297 g/mol. The van der Waals surface area contributed by atoms with E-state index in [-0.39, 0.29) is 12.1 Å². The van der Waals surface area contributed by atoms with Crippen LogP contribution in [-0.4, -0.2) is 15.6 Å². The number of hydrogen-bond acceptors (Lipinski definition) is 3. The Morgan fingerprint density at radius 2 is 1.90 bits per heavy atom. The Kier molecular flexibility index (Phi) is 3.90. The highest BCUT2D eigenvalue weighted by Crippen LogP contribution is 2.31. The summed E-state index contributed by atoms with van der Waals surface area (Å²) >= 11 is 1.80. The molecule has 3 nitrogen and oxygen atoms in total. The number of aryl methyl sites for hydroxylation is 1. The highest BCUT2D eigenvalue weighted by Gasteiger charge is 2.22. The fraction of sp³-hybridized carbons (Fsp3) is 0.235. The molecule has 0 spiro atoms. The molecule has 3 aromatic rings. The summed E-state index contributed by atoms with van der Waals surface area (Å²) in [6.45, 7) is 4.17. The zero-order chi connectivity index (χ0) is 14.8. The third kappa shape index (κ3) is 2.77. The Bertz CT molecular complexity index is 712. The number of aromatic nitrogens is 2. The zero-order valence-electron chi connectivity index (χ0n) is 12.2. The van der Waals surface area contributed by atoms with Crippen LogP contribution in [0, 0.1) is 6.92 Å². The minimum Gasteiger partial charge on any atom is -0.326 e. The van der Waals surface area contributed by atoms with Crippen molar-refractivity contribution < 1.29 is 0 Å². The maximum absolute atomic E-state index is 6.27. The normalized spacial score (nSPS) is 14.0. The number of benzene rings is 1. The molecule has 21 heavy (non-hydrogen) atoms. The van der Waals surface area contributed by atoms with Crippen molar-refractivity contribution in [2.24, 2.45) is 5.73 Å². The molecule has 2 atom stereocenters. The summed E-state index contributed by atoms with van der Waals surface area (Å²) < 4.78 is 2.19. The fourth-order valence-electron chi connectivity index (χ4n) is 2.61. The Morgan fingerprint density at radius 1 is 1.14 bits per heavy atom. The van der Waals surface area contributed by atoms with Gasteiger partial charge in [0.2, 0.25) is 0 Å². The molecule has 0 aliphatic heterocycles. The first-order valence-electron chi connectivity index (χ1n) is 7.07. The van der Waals surface area contributed by atoms with Gasteiger partial charge in [0, 0.05) is 33.8 Å². The lowest BCUT2D eigenvalue weighted by Crippen LogP contribution is -2.29. The summed E-state index contributed by atoms with van der Waals surface area (Å²) in [5, 5.41) is 0. The Balaban J connectivity index is 2.08. The molecule has 4 heteroatoms. The molecule has 2 aromatic heterocycles. The molecule has 0 aliphatic rings. The van der Waals surface area contributed by atoms with Crippen molar-refractivity contribution in [2.45, 2.75) is 25.9 Å². The predicted octanol–water partition coefficient (Wildman–Crippen LogP) is 3.86. The lowest BCUT2D eigenvalue weighted by molar-refractivity contribution is 0.508. The third-order valence-electron chi connectivity index (χ3n) is 3.55. The van der Waals surface area contributed by atoms with Gasteiger partial charge in [0.15, 0.2) is 0 Å². The van der Waals surface area contributed by atoms with Gasteiger partial charge in [-0.3, -0.25) is 0 Å². The van der Waals surface area contributed by atoms with E-state index in [2.05, 4.69) is 47.7 Å². The van der Waals surface area contributed by atoms with Gasteiger partial charge in [-0.1, -0.05) is 30.3 Å². The van der Waals surface area contributed by atoms with Crippen molar-refractivity contribution >= 4 is 11.3 Å². The van der Waals surface area contributed by atoms with Gasteiger partial charge in [0.25, 0.3) is 0 Å². The maximum atomic E-state index is 6.27. The highest BCUT2D eigenvalue weighted by atomic mass is 32.1. The van der Waals surface area contributed by atoms with Crippen LogP contribution in [0.5, 0.6) is 0 Å². The molecule has 0 bridgehead atoms. The van der Waals surface area contributed by atoms with Gasteiger partial charge in [0.1, 0.15) is 5.82 Å². The van der Waals surface area contributed by atoms with Crippen LogP contribution in [0.1, 0.15) is 22.7 Å². The van der Waals surface area contributed by atoms with E-state index in [1.165, 1.54) is 9.75 Å². The number of rotatable bonds is 4. The summed E-state index contributed by atoms with van der Waals surface area (Å²) in [6, 6.07) is 14.7. The van der Waals surface area contributed by atoms with Crippen LogP contribution in [0.2, 0.25) is 0 Å². The molecule has 2 heterocycles. The second kappa shape index (κ2) is 5.84. The molecule has 3 rings (SSSR count). The van der Waals surface area contributed by atoms with Crippen LogP contribution in [0.3, 0.4) is 0 Å². The quantitative estimate of drug-likeness (QED) is 0.794. The van der Waals surface area contributed by atoms with E-state index in [0.717, 1.165) is 11.4 Å². The van der Waals surface area contributed by atoms with Crippen molar-refractivity contribution in [3.63, 3.8) is 0 Å². The molecular formula is C17H19N3S. The summed E-state index contributed by atoms with van der Waals surface area (Å²) in [6.07, 6.45) is 3.86. The average Bonchev–Trinajstić information content (AvgIpc) is 3.10. The number of nitrogens with zero attached hydrogens (tertiary/aromatic N) is 2. The lowest BCUT2D eigenvalue weighted by atomic mass is 10.1. The van der Waals surface area contributed by atoms with Gasteiger partial charge in [-0.05, 0) is 26.0 Å². The third-order valence-corrected chi connectivity index (χ3v) is 4.62. The molecule has 0 aliphatic carbocycles. The topological polar surface area (TPSA) is 43.8 Å². The Hall–Kier alpha value is -1.91. The van der Waals surface area contributed by atoms with Crippen molar-refractivity contribution in [1.29, 1.82) is 0 Å². The number of imidazole rings is 1. The smallest absolute Gasteiger partial charge is 0.140 e. The predicted molar refractivity (Wildman–Crippen MR) is 88.5 cm³/mol. The molecule has 0 amide bonds. The van der Waals surface area contributed by atoms with E-state index in [9.17, 15) is 0 Å². The molecule has 0 fully saturated rings. The van der Waals surface area contributed by atoms with E-state index in [1.54, 1.807) is 11.3 Å². The van der Waals surface area contributed by atoms with Crippen LogP contribution in [-0.2, 0) is 0 Å². The summed E-state index contributed by atoms with van der Waals surface area (Å²) in [5.74, 6) is 0.962. The molecule has 1 aromatic carbocycles. The zero-order valence-corrected chi connectivity index (χ0v) is 13.0. The standard InChI is InChI=1S/C17H19N3S/c1-12-8-9-15(21-12)16(13(2)18)20-11-10-19-17(20)14-6-4-3-5-7-14/h3-11,13,16H,18H2,1-2H3. The molecule has 0 saturated carbocycles. The van der Waals surface area contributed by atoms with Gasteiger partial charge in [-0.15, -0.1) is 11.3 Å². The lowest BCUT2D eigenvalue weighted by Gasteiger charge is -2.23. The number of nitrogens with two attached hydrogens (primary N) is 1. The number of thiophene rings is 1.